The normalized spacial score (nSPS) is 11.6. The Balaban J connectivity index is 1.84. The first kappa shape index (κ1) is 16.8. The summed E-state index contributed by atoms with van der Waals surface area (Å²) in [6.45, 7) is 0.0333. The molecule has 24 heavy (non-hydrogen) atoms. The summed E-state index contributed by atoms with van der Waals surface area (Å²) in [5.74, 6) is 0.492. The number of rotatable bonds is 5. The van der Waals surface area contributed by atoms with E-state index in [0.29, 0.717) is 11.4 Å². The van der Waals surface area contributed by atoms with Crippen LogP contribution in [0.25, 0.3) is 5.82 Å². The zero-order valence-electron chi connectivity index (χ0n) is 12.1. The molecule has 0 bridgehead atoms. The summed E-state index contributed by atoms with van der Waals surface area (Å²) in [7, 11) is -3.75. The third-order valence-corrected chi connectivity index (χ3v) is 5.30. The number of sulfonamides is 1. The highest BCUT2D eigenvalue weighted by Crippen LogP contribution is 2.24. The van der Waals surface area contributed by atoms with Crippen molar-refractivity contribution in [3.05, 3.63) is 64.8 Å². The van der Waals surface area contributed by atoms with E-state index in [2.05, 4.69) is 19.8 Å². The number of hydrogen-bond donors (Lipinski definition) is 1. The van der Waals surface area contributed by atoms with Crippen LogP contribution < -0.4 is 4.72 Å². The summed E-state index contributed by atoms with van der Waals surface area (Å²) < 4.78 is 28.8. The first-order chi connectivity index (χ1) is 11.5. The summed E-state index contributed by atoms with van der Waals surface area (Å²) in [5.41, 5.74) is 0.645. The maximum absolute atomic E-state index is 12.4. The lowest BCUT2D eigenvalue weighted by Crippen LogP contribution is -2.24. The smallest absolute Gasteiger partial charge is 0.237 e. The van der Waals surface area contributed by atoms with Crippen molar-refractivity contribution in [1.29, 1.82) is 0 Å². The Bertz CT molecular complexity index is 961. The highest BCUT2D eigenvalue weighted by atomic mass is 35.5. The van der Waals surface area contributed by atoms with Crippen LogP contribution in [-0.2, 0) is 16.6 Å². The molecule has 7 nitrogen and oxygen atoms in total. The molecule has 10 heteroatoms. The molecule has 0 saturated heterocycles. The van der Waals surface area contributed by atoms with E-state index < -0.39 is 10.0 Å². The lowest BCUT2D eigenvalue weighted by atomic mass is 10.2. The molecule has 0 saturated carbocycles. The zero-order valence-corrected chi connectivity index (χ0v) is 14.4. The average Bonchev–Trinajstić information content (AvgIpc) is 3.10. The predicted octanol–water partition coefficient (Wildman–Crippen LogP) is 2.45. The highest BCUT2D eigenvalue weighted by molar-refractivity contribution is 7.89. The zero-order chi connectivity index (χ0) is 17.2. The molecule has 0 spiro atoms. The minimum atomic E-state index is -3.75. The second-order valence-electron chi connectivity index (χ2n) is 4.73. The number of aromatic nitrogens is 4. The summed E-state index contributed by atoms with van der Waals surface area (Å²) in [6, 6.07) is 7.58. The van der Waals surface area contributed by atoms with Crippen LogP contribution in [0.4, 0.5) is 0 Å². The standard InChI is InChI=1S/C14H11Cl2N5O2S/c15-12-4-3-11(6-13(12)16)24(22,23)20-7-10-2-1-5-18-14(10)21-9-17-8-19-21/h1-6,8-9,20H,7H2. The second-order valence-corrected chi connectivity index (χ2v) is 7.31. The molecule has 0 unspecified atom stereocenters. The van der Waals surface area contributed by atoms with Gasteiger partial charge in [0.05, 0.1) is 14.9 Å². The summed E-state index contributed by atoms with van der Waals surface area (Å²) in [5, 5.41) is 4.46. The minimum absolute atomic E-state index is 0.0306. The van der Waals surface area contributed by atoms with E-state index in [1.54, 1.807) is 18.3 Å². The summed E-state index contributed by atoms with van der Waals surface area (Å²) >= 11 is 11.7. The molecule has 0 aliphatic heterocycles. The monoisotopic (exact) mass is 383 g/mol. The maximum Gasteiger partial charge on any atom is 0.240 e. The van der Waals surface area contributed by atoms with E-state index in [1.165, 1.54) is 35.5 Å². The van der Waals surface area contributed by atoms with Gasteiger partial charge in [0.15, 0.2) is 5.82 Å². The predicted molar refractivity (Wildman–Crippen MR) is 89.6 cm³/mol. The van der Waals surface area contributed by atoms with Gasteiger partial charge in [-0.3, -0.25) is 0 Å². The molecule has 0 radical (unpaired) electrons. The van der Waals surface area contributed by atoms with E-state index in [9.17, 15) is 8.42 Å². The van der Waals surface area contributed by atoms with Crippen LogP contribution in [0.2, 0.25) is 10.0 Å². The molecular weight excluding hydrogens is 373 g/mol. The van der Waals surface area contributed by atoms with Gasteiger partial charge in [0, 0.05) is 18.3 Å². The van der Waals surface area contributed by atoms with Crippen molar-refractivity contribution < 1.29 is 8.42 Å². The van der Waals surface area contributed by atoms with Gasteiger partial charge in [-0.25, -0.2) is 27.8 Å². The largest absolute Gasteiger partial charge is 0.240 e. The van der Waals surface area contributed by atoms with Gasteiger partial charge >= 0.3 is 0 Å². The Labute approximate surface area is 148 Å². The van der Waals surface area contributed by atoms with Crippen molar-refractivity contribution in [2.75, 3.05) is 0 Å². The van der Waals surface area contributed by atoms with Crippen LogP contribution in [0.5, 0.6) is 0 Å². The number of hydrogen-bond acceptors (Lipinski definition) is 5. The molecule has 0 fully saturated rings. The van der Waals surface area contributed by atoms with Gasteiger partial charge in [0.2, 0.25) is 10.0 Å². The Kier molecular flexibility index (Phi) is 4.81. The van der Waals surface area contributed by atoms with Crippen molar-refractivity contribution in [3.8, 4) is 5.82 Å². The molecule has 2 aromatic heterocycles. The number of nitrogens with zero attached hydrogens (tertiary/aromatic N) is 4. The van der Waals surface area contributed by atoms with Gasteiger partial charge in [-0.05, 0) is 24.3 Å². The molecule has 1 N–H and O–H groups in total. The molecule has 0 aliphatic carbocycles. The fourth-order valence-electron chi connectivity index (χ4n) is 1.99. The molecule has 1 aromatic carbocycles. The van der Waals surface area contributed by atoms with Crippen LogP contribution in [0.15, 0.2) is 54.1 Å². The first-order valence-corrected chi connectivity index (χ1v) is 8.95. The number of pyridine rings is 1. The van der Waals surface area contributed by atoms with Gasteiger partial charge in [-0.15, -0.1) is 0 Å². The Hall–Kier alpha value is -2.00. The van der Waals surface area contributed by atoms with Crippen molar-refractivity contribution in [2.45, 2.75) is 11.4 Å². The second kappa shape index (κ2) is 6.86. The lowest BCUT2D eigenvalue weighted by Gasteiger charge is -2.10. The van der Waals surface area contributed by atoms with Crippen molar-refractivity contribution in [1.82, 2.24) is 24.5 Å². The van der Waals surface area contributed by atoms with Crippen LogP contribution in [0.3, 0.4) is 0 Å². The highest BCUT2D eigenvalue weighted by Gasteiger charge is 2.16. The van der Waals surface area contributed by atoms with E-state index in [1.807, 2.05) is 0 Å². The van der Waals surface area contributed by atoms with Gasteiger partial charge in [0.25, 0.3) is 0 Å². The maximum atomic E-state index is 12.4. The van der Waals surface area contributed by atoms with Gasteiger partial charge in [0.1, 0.15) is 12.7 Å². The van der Waals surface area contributed by atoms with Crippen LogP contribution >= 0.6 is 23.2 Å². The number of nitrogens with one attached hydrogen (secondary N) is 1. The van der Waals surface area contributed by atoms with Crippen molar-refractivity contribution in [2.24, 2.45) is 0 Å². The molecule has 2 heterocycles. The van der Waals surface area contributed by atoms with E-state index >= 15 is 0 Å². The van der Waals surface area contributed by atoms with Crippen LogP contribution in [0, 0.1) is 0 Å². The molecular formula is C14H11Cl2N5O2S. The van der Waals surface area contributed by atoms with Gasteiger partial charge in [-0.1, -0.05) is 29.3 Å². The van der Waals surface area contributed by atoms with E-state index in [4.69, 9.17) is 23.2 Å². The fourth-order valence-corrected chi connectivity index (χ4v) is 3.39. The van der Waals surface area contributed by atoms with Gasteiger partial charge in [-0.2, -0.15) is 5.10 Å². The quantitative estimate of drug-likeness (QED) is 0.730. The SMILES string of the molecule is O=S(=O)(NCc1cccnc1-n1cncn1)c1ccc(Cl)c(Cl)c1. The van der Waals surface area contributed by atoms with E-state index in [0.717, 1.165) is 0 Å². The lowest BCUT2D eigenvalue weighted by molar-refractivity contribution is 0.581. The first-order valence-electron chi connectivity index (χ1n) is 6.71. The molecule has 0 aliphatic rings. The third-order valence-electron chi connectivity index (χ3n) is 3.16. The third kappa shape index (κ3) is 3.57. The minimum Gasteiger partial charge on any atom is -0.237 e. The van der Waals surface area contributed by atoms with Crippen molar-refractivity contribution in [3.63, 3.8) is 0 Å². The number of halogens is 2. The Morgan fingerprint density at radius 3 is 2.71 bits per heavy atom. The Morgan fingerprint density at radius 2 is 2.00 bits per heavy atom. The molecule has 3 rings (SSSR count). The van der Waals surface area contributed by atoms with Gasteiger partial charge < -0.3 is 0 Å². The molecule has 0 amide bonds. The van der Waals surface area contributed by atoms with E-state index in [-0.39, 0.29) is 21.5 Å². The average molecular weight is 384 g/mol. The molecule has 3 aromatic rings. The molecule has 124 valence electrons. The van der Waals surface area contributed by atoms with Crippen molar-refractivity contribution >= 4 is 33.2 Å². The topological polar surface area (TPSA) is 89.8 Å². The summed E-state index contributed by atoms with van der Waals surface area (Å²) in [4.78, 5) is 8.10. The summed E-state index contributed by atoms with van der Waals surface area (Å²) in [6.07, 6.45) is 4.45. The fraction of sp³-hybridized carbons (Fsp3) is 0.0714. The van der Waals surface area contributed by atoms with Crippen LogP contribution in [0.1, 0.15) is 5.56 Å². The molecule has 0 atom stereocenters. The number of benzene rings is 1. The Morgan fingerprint density at radius 1 is 1.17 bits per heavy atom. The van der Waals surface area contributed by atoms with Crippen LogP contribution in [-0.4, -0.2) is 28.2 Å².